The molecule has 2 rings (SSSR count). The second-order valence-electron chi connectivity index (χ2n) is 6.22. The average Bonchev–Trinajstić information content (AvgIpc) is 2.39. The van der Waals surface area contributed by atoms with E-state index in [9.17, 15) is 0 Å². The average molecular weight is 308 g/mol. The quantitative estimate of drug-likeness (QED) is 0.842. The first-order valence-corrected chi connectivity index (χ1v) is 9.03. The van der Waals surface area contributed by atoms with Crippen LogP contribution in [0.2, 0.25) is 0 Å². The van der Waals surface area contributed by atoms with Gasteiger partial charge in [0.2, 0.25) is 0 Å². The lowest BCUT2D eigenvalue weighted by molar-refractivity contribution is 0.659. The molecule has 0 saturated carbocycles. The highest BCUT2D eigenvalue weighted by atomic mass is 32.2. The van der Waals surface area contributed by atoms with Crippen molar-refractivity contribution in [1.29, 1.82) is 0 Å². The van der Waals surface area contributed by atoms with Gasteiger partial charge in [-0.05, 0) is 38.4 Å². The Bertz CT molecular complexity index is 465. The molecule has 2 atom stereocenters. The fourth-order valence-electron chi connectivity index (χ4n) is 3.06. The summed E-state index contributed by atoms with van der Waals surface area (Å²) in [5.41, 5.74) is 3.86. The molecule has 0 aliphatic carbocycles. The van der Waals surface area contributed by atoms with E-state index >= 15 is 0 Å². The molecule has 0 radical (unpaired) electrons. The summed E-state index contributed by atoms with van der Waals surface area (Å²) in [7, 11) is 0. The second-order valence-corrected chi connectivity index (χ2v) is 8.10. The smallest absolute Gasteiger partial charge is 0.133 e. The Morgan fingerprint density at radius 1 is 1.29 bits per heavy atom. The van der Waals surface area contributed by atoms with Gasteiger partial charge in [-0.1, -0.05) is 20.8 Å². The van der Waals surface area contributed by atoms with Crippen molar-refractivity contribution in [2.45, 2.75) is 58.1 Å². The molecule has 118 valence electrons. The lowest BCUT2D eigenvalue weighted by atomic mass is 10.1. The predicted molar refractivity (Wildman–Crippen MR) is 94.4 cm³/mol. The Labute approximate surface area is 133 Å². The summed E-state index contributed by atoms with van der Waals surface area (Å²) in [5.74, 6) is 1.20. The topological polar surface area (TPSA) is 28.2 Å². The summed E-state index contributed by atoms with van der Waals surface area (Å²) in [6.45, 7) is 15.4. The molecule has 1 aliphatic rings. The molecule has 1 saturated heterocycles. The third kappa shape index (κ3) is 4.36. The fourth-order valence-corrected chi connectivity index (χ4v) is 4.39. The fraction of sp³-hybridized carbons (Fsp3) is 0.706. The first-order chi connectivity index (χ1) is 10.0. The number of pyridine rings is 1. The van der Waals surface area contributed by atoms with E-state index in [-0.39, 0.29) is 0 Å². The lowest BCUT2D eigenvalue weighted by Gasteiger charge is -2.37. The van der Waals surface area contributed by atoms with E-state index in [1.54, 1.807) is 0 Å². The summed E-state index contributed by atoms with van der Waals surface area (Å²) in [5, 5.41) is 4.89. The minimum atomic E-state index is 0.674. The number of thioether (sulfide) groups is 1. The third-order valence-electron chi connectivity index (χ3n) is 3.90. The van der Waals surface area contributed by atoms with E-state index in [4.69, 9.17) is 4.98 Å². The maximum Gasteiger partial charge on any atom is 0.133 e. The van der Waals surface area contributed by atoms with Gasteiger partial charge < -0.3 is 10.2 Å². The molecule has 2 heterocycles. The van der Waals surface area contributed by atoms with Crippen LogP contribution in [0.1, 0.15) is 44.0 Å². The van der Waals surface area contributed by atoms with E-state index in [0.29, 0.717) is 10.5 Å². The van der Waals surface area contributed by atoms with Crippen molar-refractivity contribution in [3.63, 3.8) is 0 Å². The lowest BCUT2D eigenvalue weighted by Crippen LogP contribution is -2.41. The zero-order chi connectivity index (χ0) is 15.4. The molecule has 0 amide bonds. The minimum Gasteiger partial charge on any atom is -0.354 e. The van der Waals surface area contributed by atoms with Crippen molar-refractivity contribution in [1.82, 2.24) is 10.3 Å². The van der Waals surface area contributed by atoms with Crippen LogP contribution in [0, 0.1) is 13.8 Å². The molecule has 21 heavy (non-hydrogen) atoms. The molecule has 2 unspecified atom stereocenters. The van der Waals surface area contributed by atoms with Crippen LogP contribution in [0.3, 0.4) is 0 Å². The zero-order valence-corrected chi connectivity index (χ0v) is 14.9. The van der Waals surface area contributed by atoms with E-state index in [2.05, 4.69) is 62.7 Å². The number of hydrogen-bond donors (Lipinski definition) is 1. The third-order valence-corrected chi connectivity index (χ3v) is 5.13. The monoisotopic (exact) mass is 307 g/mol. The first kappa shape index (κ1) is 16.6. The van der Waals surface area contributed by atoms with Gasteiger partial charge >= 0.3 is 0 Å². The number of rotatable bonds is 5. The van der Waals surface area contributed by atoms with Crippen LogP contribution in [-0.2, 0) is 6.54 Å². The van der Waals surface area contributed by atoms with Gasteiger partial charge in [-0.2, -0.15) is 11.8 Å². The first-order valence-electron chi connectivity index (χ1n) is 8.09. The minimum absolute atomic E-state index is 0.674. The Morgan fingerprint density at radius 3 is 2.57 bits per heavy atom. The summed E-state index contributed by atoms with van der Waals surface area (Å²) in [4.78, 5) is 7.38. The summed E-state index contributed by atoms with van der Waals surface area (Å²) in [6.07, 6.45) is 1.17. The van der Waals surface area contributed by atoms with Crippen LogP contribution in [0.4, 0.5) is 5.82 Å². The summed E-state index contributed by atoms with van der Waals surface area (Å²) < 4.78 is 0. The van der Waals surface area contributed by atoms with E-state index in [1.165, 1.54) is 23.4 Å². The van der Waals surface area contributed by atoms with E-state index < -0.39 is 0 Å². The second kappa shape index (κ2) is 7.50. The van der Waals surface area contributed by atoms with Crippen molar-refractivity contribution < 1.29 is 0 Å². The van der Waals surface area contributed by atoms with Gasteiger partial charge in [0, 0.05) is 41.4 Å². The number of nitrogens with one attached hydrogen (secondary N) is 1. The largest absolute Gasteiger partial charge is 0.354 e. The van der Waals surface area contributed by atoms with Crippen LogP contribution >= 0.6 is 11.8 Å². The molecule has 4 heteroatoms. The molecular weight excluding hydrogens is 278 g/mol. The van der Waals surface area contributed by atoms with Crippen molar-refractivity contribution in [3.8, 4) is 0 Å². The van der Waals surface area contributed by atoms with Crippen LogP contribution in [0.15, 0.2) is 6.07 Å². The number of hydrogen-bond acceptors (Lipinski definition) is 4. The molecule has 0 bridgehead atoms. The predicted octanol–water partition coefficient (Wildman–Crippen LogP) is 3.53. The number of nitrogens with zero attached hydrogens (tertiary/aromatic N) is 2. The molecule has 1 fully saturated rings. The number of aromatic nitrogens is 1. The van der Waals surface area contributed by atoms with Crippen LogP contribution in [0.25, 0.3) is 0 Å². The maximum absolute atomic E-state index is 4.88. The van der Waals surface area contributed by atoms with Crippen molar-refractivity contribution in [2.24, 2.45) is 0 Å². The molecule has 1 aromatic heterocycles. The molecule has 1 N–H and O–H groups in total. The van der Waals surface area contributed by atoms with Crippen molar-refractivity contribution >= 4 is 17.6 Å². The SMILES string of the molecule is CCCNCc1c(C)cc(C)nc1N1CC(C)SC(C)C1. The standard InChI is InChI=1S/C17H29N3S/c1-6-7-18-9-16-12(2)8-13(3)19-17(16)20-10-14(4)21-15(5)11-20/h8,14-15,18H,6-7,9-11H2,1-5H3. The Balaban J connectivity index is 2.27. The summed E-state index contributed by atoms with van der Waals surface area (Å²) in [6, 6.07) is 2.21. The Morgan fingerprint density at radius 2 is 1.95 bits per heavy atom. The highest BCUT2D eigenvalue weighted by Gasteiger charge is 2.25. The van der Waals surface area contributed by atoms with Gasteiger partial charge in [0.1, 0.15) is 5.82 Å². The Hall–Kier alpha value is -0.740. The van der Waals surface area contributed by atoms with Gasteiger partial charge in [-0.3, -0.25) is 0 Å². The van der Waals surface area contributed by atoms with Gasteiger partial charge in [0.05, 0.1) is 0 Å². The number of anilines is 1. The van der Waals surface area contributed by atoms with Crippen LogP contribution < -0.4 is 10.2 Å². The maximum atomic E-state index is 4.88. The van der Waals surface area contributed by atoms with Gasteiger partial charge in [-0.15, -0.1) is 0 Å². The summed E-state index contributed by atoms with van der Waals surface area (Å²) >= 11 is 2.09. The molecule has 0 spiro atoms. The van der Waals surface area contributed by atoms with Crippen molar-refractivity contribution in [3.05, 3.63) is 22.9 Å². The van der Waals surface area contributed by atoms with Gasteiger partial charge in [-0.25, -0.2) is 4.98 Å². The number of aryl methyl sites for hydroxylation is 2. The van der Waals surface area contributed by atoms with Crippen LogP contribution in [0.5, 0.6) is 0 Å². The van der Waals surface area contributed by atoms with Crippen LogP contribution in [-0.4, -0.2) is 35.1 Å². The molecule has 1 aromatic rings. The van der Waals surface area contributed by atoms with E-state index in [0.717, 1.165) is 31.9 Å². The molecule has 1 aliphatic heterocycles. The molecular formula is C17H29N3S. The normalized spacial score (nSPS) is 22.6. The Kier molecular flexibility index (Phi) is 5.94. The molecule has 3 nitrogen and oxygen atoms in total. The zero-order valence-electron chi connectivity index (χ0n) is 14.1. The van der Waals surface area contributed by atoms with Gasteiger partial charge in [0.25, 0.3) is 0 Å². The highest BCUT2D eigenvalue weighted by molar-refractivity contribution is 8.00. The van der Waals surface area contributed by atoms with Gasteiger partial charge in [0.15, 0.2) is 0 Å². The molecule has 0 aromatic carbocycles. The van der Waals surface area contributed by atoms with Crippen molar-refractivity contribution in [2.75, 3.05) is 24.5 Å². The highest BCUT2D eigenvalue weighted by Crippen LogP contribution is 2.30. The van der Waals surface area contributed by atoms with E-state index in [1.807, 2.05) is 0 Å².